The van der Waals surface area contributed by atoms with Gasteiger partial charge in [0.1, 0.15) is 4.88 Å². The maximum absolute atomic E-state index is 11.6. The minimum Gasteiger partial charge on any atom is -0.462 e. The lowest BCUT2D eigenvalue weighted by Crippen LogP contribution is -2.24. The fourth-order valence-corrected chi connectivity index (χ4v) is 2.72. The Morgan fingerprint density at radius 3 is 3.12 bits per heavy atom. The average molecular weight is 272 g/mol. The van der Waals surface area contributed by atoms with Crippen LogP contribution in [0.3, 0.4) is 0 Å². The van der Waals surface area contributed by atoms with Gasteiger partial charge in [-0.3, -0.25) is 9.69 Å². The van der Waals surface area contributed by atoms with Crippen molar-refractivity contribution in [2.75, 3.05) is 18.1 Å². The van der Waals surface area contributed by atoms with Crippen molar-refractivity contribution < 1.29 is 14.3 Å². The highest BCUT2D eigenvalue weighted by atomic mass is 32.1. The summed E-state index contributed by atoms with van der Waals surface area (Å²) >= 11 is 5.43. The standard InChI is InChI=1S/C10H12N2O3S2/c1-2-15-9(14)7-4-11-10(17-7)12-5-6(16)3-8(12)13/h4,6,16H,2-3,5H2,1H3. The molecule has 2 rings (SSSR count). The van der Waals surface area contributed by atoms with Crippen LogP contribution in [0.25, 0.3) is 0 Å². The van der Waals surface area contributed by atoms with E-state index in [1.165, 1.54) is 17.5 Å². The zero-order valence-electron chi connectivity index (χ0n) is 9.25. The minimum absolute atomic E-state index is 0.00485. The van der Waals surface area contributed by atoms with Gasteiger partial charge in [0.05, 0.1) is 12.8 Å². The number of hydrogen-bond acceptors (Lipinski definition) is 6. The summed E-state index contributed by atoms with van der Waals surface area (Å²) in [6.45, 7) is 2.61. The number of esters is 1. The average Bonchev–Trinajstić information content (AvgIpc) is 2.85. The summed E-state index contributed by atoms with van der Waals surface area (Å²) < 4.78 is 4.86. The molecular weight excluding hydrogens is 260 g/mol. The molecule has 1 aliphatic rings. The molecule has 0 saturated carbocycles. The monoisotopic (exact) mass is 272 g/mol. The summed E-state index contributed by atoms with van der Waals surface area (Å²) in [6, 6.07) is 0. The van der Waals surface area contributed by atoms with Gasteiger partial charge in [0.2, 0.25) is 5.91 Å². The Hall–Kier alpha value is -1.08. The number of thiol groups is 1. The molecule has 2 heterocycles. The van der Waals surface area contributed by atoms with E-state index in [-0.39, 0.29) is 11.2 Å². The third-order valence-corrected chi connectivity index (χ3v) is 3.65. The first-order chi connectivity index (χ1) is 8.11. The number of carbonyl (C=O) groups is 2. The van der Waals surface area contributed by atoms with Gasteiger partial charge >= 0.3 is 5.97 Å². The van der Waals surface area contributed by atoms with Gasteiger partial charge < -0.3 is 4.74 Å². The van der Waals surface area contributed by atoms with Crippen LogP contribution in [0.1, 0.15) is 23.0 Å². The van der Waals surface area contributed by atoms with E-state index in [1.807, 2.05) is 0 Å². The van der Waals surface area contributed by atoms with Crippen LogP contribution in [-0.4, -0.2) is 35.3 Å². The number of anilines is 1. The van der Waals surface area contributed by atoms with Crippen molar-refractivity contribution in [1.29, 1.82) is 0 Å². The van der Waals surface area contributed by atoms with Crippen LogP contribution >= 0.6 is 24.0 Å². The molecule has 1 saturated heterocycles. The maximum atomic E-state index is 11.6. The fourth-order valence-electron chi connectivity index (χ4n) is 1.56. The Kier molecular flexibility index (Phi) is 3.68. The molecular formula is C10H12N2O3S2. The first-order valence-electron chi connectivity index (χ1n) is 5.23. The smallest absolute Gasteiger partial charge is 0.350 e. The van der Waals surface area contributed by atoms with Gasteiger partial charge in [-0.1, -0.05) is 11.3 Å². The molecule has 0 N–H and O–H groups in total. The van der Waals surface area contributed by atoms with Gasteiger partial charge in [-0.05, 0) is 6.92 Å². The topological polar surface area (TPSA) is 59.5 Å². The zero-order valence-corrected chi connectivity index (χ0v) is 11.0. The van der Waals surface area contributed by atoms with Crippen molar-refractivity contribution in [1.82, 2.24) is 4.98 Å². The van der Waals surface area contributed by atoms with E-state index < -0.39 is 5.97 Å². The van der Waals surface area contributed by atoms with Gasteiger partial charge in [-0.25, -0.2) is 9.78 Å². The molecule has 1 aromatic rings. The minimum atomic E-state index is -0.398. The van der Waals surface area contributed by atoms with Crippen molar-refractivity contribution in [3.63, 3.8) is 0 Å². The van der Waals surface area contributed by atoms with E-state index in [0.717, 1.165) is 0 Å². The van der Waals surface area contributed by atoms with E-state index >= 15 is 0 Å². The summed E-state index contributed by atoms with van der Waals surface area (Å²) in [5, 5.41) is 0.576. The van der Waals surface area contributed by atoms with Crippen molar-refractivity contribution in [2.24, 2.45) is 0 Å². The number of rotatable bonds is 3. The van der Waals surface area contributed by atoms with Crippen molar-refractivity contribution in [2.45, 2.75) is 18.6 Å². The third-order valence-electron chi connectivity index (χ3n) is 2.31. The largest absolute Gasteiger partial charge is 0.462 e. The molecule has 92 valence electrons. The second-order valence-electron chi connectivity index (χ2n) is 3.59. The molecule has 5 nitrogen and oxygen atoms in total. The molecule has 1 aliphatic heterocycles. The lowest BCUT2D eigenvalue weighted by Gasteiger charge is -2.10. The number of hydrogen-bond donors (Lipinski definition) is 1. The molecule has 0 aromatic carbocycles. The summed E-state index contributed by atoms with van der Waals surface area (Å²) in [5.41, 5.74) is 0. The molecule has 1 amide bonds. The van der Waals surface area contributed by atoms with E-state index in [9.17, 15) is 9.59 Å². The normalized spacial score (nSPS) is 19.8. The molecule has 17 heavy (non-hydrogen) atoms. The van der Waals surface area contributed by atoms with Gasteiger partial charge in [-0.2, -0.15) is 12.6 Å². The van der Waals surface area contributed by atoms with Crippen LogP contribution in [0.4, 0.5) is 5.13 Å². The zero-order chi connectivity index (χ0) is 12.4. The number of amides is 1. The first kappa shape index (κ1) is 12.4. The van der Waals surface area contributed by atoms with Crippen molar-refractivity contribution in [3.8, 4) is 0 Å². The van der Waals surface area contributed by atoms with E-state index in [4.69, 9.17) is 4.74 Å². The highest BCUT2D eigenvalue weighted by Crippen LogP contribution is 2.28. The van der Waals surface area contributed by atoms with Crippen molar-refractivity contribution in [3.05, 3.63) is 11.1 Å². The lowest BCUT2D eigenvalue weighted by atomic mass is 10.4. The summed E-state index contributed by atoms with van der Waals surface area (Å²) in [6.07, 6.45) is 1.86. The van der Waals surface area contributed by atoms with Gasteiger partial charge in [-0.15, -0.1) is 0 Å². The fraction of sp³-hybridized carbons (Fsp3) is 0.500. The highest BCUT2D eigenvalue weighted by molar-refractivity contribution is 7.81. The highest BCUT2D eigenvalue weighted by Gasteiger charge is 2.30. The third kappa shape index (κ3) is 2.61. The maximum Gasteiger partial charge on any atom is 0.350 e. The van der Waals surface area contributed by atoms with Gasteiger partial charge in [0.25, 0.3) is 0 Å². The van der Waals surface area contributed by atoms with Crippen LogP contribution in [0.5, 0.6) is 0 Å². The predicted molar refractivity (Wildman–Crippen MR) is 67.8 cm³/mol. The second kappa shape index (κ2) is 5.05. The molecule has 0 spiro atoms. The van der Waals surface area contributed by atoms with Gasteiger partial charge in [0, 0.05) is 18.2 Å². The van der Waals surface area contributed by atoms with Crippen LogP contribution in [0.15, 0.2) is 6.20 Å². The number of thiazole rings is 1. The predicted octanol–water partition coefficient (Wildman–Crippen LogP) is 1.35. The van der Waals surface area contributed by atoms with Crippen LogP contribution < -0.4 is 4.90 Å². The SMILES string of the molecule is CCOC(=O)c1cnc(N2CC(S)CC2=O)s1. The molecule has 1 aromatic heterocycles. The molecule has 1 unspecified atom stereocenters. The molecule has 1 atom stereocenters. The van der Waals surface area contributed by atoms with Crippen LogP contribution in [-0.2, 0) is 9.53 Å². The summed E-state index contributed by atoms with van der Waals surface area (Å²) in [5.74, 6) is -0.403. The summed E-state index contributed by atoms with van der Waals surface area (Å²) in [4.78, 5) is 29.1. The van der Waals surface area contributed by atoms with Gasteiger partial charge in [0.15, 0.2) is 5.13 Å². The van der Waals surface area contributed by atoms with Crippen molar-refractivity contribution >= 4 is 41.0 Å². The molecule has 1 fully saturated rings. The molecule has 0 bridgehead atoms. The molecule has 0 aliphatic carbocycles. The van der Waals surface area contributed by atoms with E-state index in [1.54, 1.807) is 11.8 Å². The number of carbonyl (C=O) groups excluding carboxylic acids is 2. The summed E-state index contributed by atoms with van der Waals surface area (Å²) in [7, 11) is 0. The van der Waals surface area contributed by atoms with E-state index in [0.29, 0.717) is 29.6 Å². The number of ether oxygens (including phenoxy) is 1. The Bertz CT molecular complexity index is 447. The second-order valence-corrected chi connectivity index (χ2v) is 5.33. The van der Waals surface area contributed by atoms with Crippen LogP contribution in [0, 0.1) is 0 Å². The molecule has 7 heteroatoms. The number of nitrogens with zero attached hydrogens (tertiary/aromatic N) is 2. The van der Waals surface area contributed by atoms with Crippen LogP contribution in [0.2, 0.25) is 0 Å². The first-order valence-corrected chi connectivity index (χ1v) is 6.56. The molecule has 0 radical (unpaired) electrons. The Balaban J connectivity index is 2.13. The number of aromatic nitrogens is 1. The Morgan fingerprint density at radius 2 is 2.53 bits per heavy atom. The quantitative estimate of drug-likeness (QED) is 0.666. The van der Waals surface area contributed by atoms with E-state index in [2.05, 4.69) is 17.6 Å². The Labute approximate surface area is 108 Å². The lowest BCUT2D eigenvalue weighted by molar-refractivity contribution is -0.117. The Morgan fingerprint density at radius 1 is 1.76 bits per heavy atom.